The van der Waals surface area contributed by atoms with E-state index in [4.69, 9.17) is 4.74 Å². The van der Waals surface area contributed by atoms with Gasteiger partial charge in [-0.25, -0.2) is 18.7 Å². The summed E-state index contributed by atoms with van der Waals surface area (Å²) in [7, 11) is 1.51. The van der Waals surface area contributed by atoms with E-state index in [0.29, 0.717) is 28.1 Å². The Balaban J connectivity index is 2.14. The molecule has 0 aliphatic heterocycles. The van der Waals surface area contributed by atoms with Crippen molar-refractivity contribution in [2.45, 2.75) is 20.4 Å². The normalized spacial score (nSPS) is 11.1. The van der Waals surface area contributed by atoms with Gasteiger partial charge in [0, 0.05) is 11.3 Å². The van der Waals surface area contributed by atoms with Crippen molar-refractivity contribution >= 4 is 11.0 Å². The molecule has 0 unspecified atom stereocenters. The van der Waals surface area contributed by atoms with Gasteiger partial charge in [-0.15, -0.1) is 0 Å². The highest BCUT2D eigenvalue weighted by Crippen LogP contribution is 2.24. The van der Waals surface area contributed by atoms with Crippen LogP contribution in [0.1, 0.15) is 16.8 Å². The second-order valence-corrected chi connectivity index (χ2v) is 7.05. The smallest absolute Gasteiger partial charge is 0.337 e. The van der Waals surface area contributed by atoms with Gasteiger partial charge in [0.05, 0.1) is 24.7 Å². The summed E-state index contributed by atoms with van der Waals surface area (Å²) in [4.78, 5) is 31.3. The second kappa shape index (κ2) is 7.59. The molecule has 0 saturated carbocycles. The Morgan fingerprint density at radius 3 is 2.47 bits per heavy atom. The molecule has 0 fully saturated rings. The number of ether oxygens (including phenoxy) is 1. The molecule has 7 heteroatoms. The lowest BCUT2D eigenvalue weighted by Crippen LogP contribution is -2.40. The van der Waals surface area contributed by atoms with E-state index < -0.39 is 17.1 Å². The van der Waals surface area contributed by atoms with Crippen molar-refractivity contribution in [2.75, 3.05) is 7.11 Å². The molecule has 0 N–H and O–H groups in total. The van der Waals surface area contributed by atoms with Crippen molar-refractivity contribution in [1.29, 1.82) is 0 Å². The summed E-state index contributed by atoms with van der Waals surface area (Å²) in [5.74, 6) is -0.0237. The molecule has 4 rings (SSSR count). The summed E-state index contributed by atoms with van der Waals surface area (Å²) in [5.41, 5.74) is 1.20. The van der Waals surface area contributed by atoms with Gasteiger partial charge in [0.15, 0.2) is 5.65 Å². The number of fused-ring (bicyclic) bond motifs is 1. The Bertz CT molecular complexity index is 1390. The van der Waals surface area contributed by atoms with Crippen LogP contribution in [0.4, 0.5) is 4.39 Å². The van der Waals surface area contributed by atoms with Gasteiger partial charge in [-0.05, 0) is 43.7 Å². The molecular weight excluding hydrogens is 385 g/mol. The zero-order valence-electron chi connectivity index (χ0n) is 16.8. The first-order valence-electron chi connectivity index (χ1n) is 9.43. The van der Waals surface area contributed by atoms with E-state index in [0.717, 1.165) is 4.57 Å². The maximum Gasteiger partial charge on any atom is 0.337 e. The predicted octanol–water partition coefficient (Wildman–Crippen LogP) is 3.36. The van der Waals surface area contributed by atoms with Crippen molar-refractivity contribution in [3.8, 4) is 11.4 Å². The second-order valence-electron chi connectivity index (χ2n) is 7.05. The Hall–Kier alpha value is -3.74. The van der Waals surface area contributed by atoms with Gasteiger partial charge in [0.1, 0.15) is 11.6 Å². The van der Waals surface area contributed by atoms with E-state index in [1.165, 1.54) is 17.7 Å². The minimum absolute atomic E-state index is 0.192. The Labute approximate surface area is 171 Å². The number of nitrogens with zero attached hydrogens (tertiary/aromatic N) is 3. The number of hydrogen-bond donors (Lipinski definition) is 0. The summed E-state index contributed by atoms with van der Waals surface area (Å²) < 4.78 is 22.1. The summed E-state index contributed by atoms with van der Waals surface area (Å²) in [6, 6.07) is 14.9. The highest BCUT2D eigenvalue weighted by molar-refractivity contribution is 5.80. The van der Waals surface area contributed by atoms with Crippen LogP contribution >= 0.6 is 0 Å². The van der Waals surface area contributed by atoms with Crippen LogP contribution in [-0.4, -0.2) is 21.2 Å². The van der Waals surface area contributed by atoms with Crippen LogP contribution in [0.25, 0.3) is 16.7 Å². The number of para-hydroxylation sites is 2. The number of aromatic nitrogens is 3. The maximum atomic E-state index is 14.3. The molecule has 2 heterocycles. The molecule has 0 saturated heterocycles. The first kappa shape index (κ1) is 19.6. The Kier molecular flexibility index (Phi) is 4.95. The van der Waals surface area contributed by atoms with E-state index in [-0.39, 0.29) is 17.8 Å². The van der Waals surface area contributed by atoms with Crippen LogP contribution in [-0.2, 0) is 6.54 Å². The lowest BCUT2D eigenvalue weighted by molar-refractivity contribution is 0.412. The molecule has 30 heavy (non-hydrogen) atoms. The number of aryl methyl sites for hydroxylation is 2. The molecular formula is C23H20FN3O3. The number of hydrogen-bond acceptors (Lipinski definition) is 4. The summed E-state index contributed by atoms with van der Waals surface area (Å²) in [6.07, 6.45) is 0. The molecule has 4 aromatic rings. The van der Waals surface area contributed by atoms with Crippen molar-refractivity contribution in [1.82, 2.24) is 14.1 Å². The average molecular weight is 405 g/mol. The van der Waals surface area contributed by atoms with Crippen molar-refractivity contribution < 1.29 is 9.13 Å². The van der Waals surface area contributed by atoms with E-state index in [9.17, 15) is 14.0 Å². The molecule has 152 valence electrons. The van der Waals surface area contributed by atoms with Gasteiger partial charge in [-0.1, -0.05) is 30.3 Å². The SMILES string of the molecule is COc1ccccc1-n1c(=O)n(Cc2ccccc2F)c(=O)c2c(C)cc(C)nc21. The summed E-state index contributed by atoms with van der Waals surface area (Å²) in [5, 5.41) is 0.308. The highest BCUT2D eigenvalue weighted by Gasteiger charge is 2.20. The predicted molar refractivity (Wildman–Crippen MR) is 113 cm³/mol. The monoisotopic (exact) mass is 405 g/mol. The van der Waals surface area contributed by atoms with Gasteiger partial charge in [-0.2, -0.15) is 0 Å². The third-order valence-electron chi connectivity index (χ3n) is 5.03. The Morgan fingerprint density at radius 2 is 1.73 bits per heavy atom. The number of halogens is 1. The quantitative estimate of drug-likeness (QED) is 0.522. The largest absolute Gasteiger partial charge is 0.495 e. The molecule has 0 radical (unpaired) electrons. The average Bonchev–Trinajstić information content (AvgIpc) is 2.72. The minimum Gasteiger partial charge on any atom is -0.495 e. The van der Waals surface area contributed by atoms with Gasteiger partial charge >= 0.3 is 5.69 Å². The van der Waals surface area contributed by atoms with Gasteiger partial charge in [0.2, 0.25) is 0 Å². The number of rotatable bonds is 4. The minimum atomic E-state index is -0.613. The van der Waals surface area contributed by atoms with E-state index >= 15 is 0 Å². The fourth-order valence-electron chi connectivity index (χ4n) is 3.64. The molecule has 2 aromatic heterocycles. The third-order valence-corrected chi connectivity index (χ3v) is 5.03. The van der Waals surface area contributed by atoms with Crippen LogP contribution in [0.3, 0.4) is 0 Å². The maximum absolute atomic E-state index is 14.3. The van der Waals surface area contributed by atoms with Crippen molar-refractivity contribution in [3.63, 3.8) is 0 Å². The van der Waals surface area contributed by atoms with Crippen LogP contribution in [0, 0.1) is 19.7 Å². The van der Waals surface area contributed by atoms with E-state index in [1.54, 1.807) is 62.4 Å². The van der Waals surface area contributed by atoms with Crippen LogP contribution in [0.2, 0.25) is 0 Å². The molecule has 0 aliphatic rings. The highest BCUT2D eigenvalue weighted by atomic mass is 19.1. The molecule has 6 nitrogen and oxygen atoms in total. The zero-order valence-corrected chi connectivity index (χ0v) is 16.8. The molecule has 0 aliphatic carbocycles. The van der Waals surface area contributed by atoms with Crippen LogP contribution < -0.4 is 16.0 Å². The zero-order chi connectivity index (χ0) is 21.4. The van der Waals surface area contributed by atoms with Crippen LogP contribution in [0.15, 0.2) is 64.2 Å². The Morgan fingerprint density at radius 1 is 1.03 bits per heavy atom. The third kappa shape index (κ3) is 3.18. The van der Waals surface area contributed by atoms with Crippen LogP contribution in [0.5, 0.6) is 5.75 Å². The van der Waals surface area contributed by atoms with Crippen molar-refractivity contribution in [2.24, 2.45) is 0 Å². The number of benzene rings is 2. The fourth-order valence-corrected chi connectivity index (χ4v) is 3.64. The summed E-state index contributed by atoms with van der Waals surface area (Å²) >= 11 is 0. The fraction of sp³-hybridized carbons (Fsp3) is 0.174. The standard InChI is InChI=1S/C23H20FN3O3/c1-14-12-15(2)25-21-20(14)22(28)26(13-16-8-4-5-9-17(16)24)23(29)27(21)18-10-6-7-11-19(18)30-3/h4-12H,13H2,1-3H3. The number of methoxy groups -OCH3 is 1. The topological polar surface area (TPSA) is 66.1 Å². The van der Waals surface area contributed by atoms with Crippen molar-refractivity contribution in [3.05, 3.63) is 98.1 Å². The molecule has 2 aromatic carbocycles. The molecule has 0 spiro atoms. The first-order chi connectivity index (χ1) is 14.4. The van der Waals surface area contributed by atoms with Gasteiger partial charge in [0.25, 0.3) is 5.56 Å². The van der Waals surface area contributed by atoms with Gasteiger partial charge in [-0.3, -0.25) is 9.36 Å². The molecule has 0 bridgehead atoms. The van der Waals surface area contributed by atoms with E-state index in [1.807, 2.05) is 0 Å². The number of pyridine rings is 1. The lowest BCUT2D eigenvalue weighted by Gasteiger charge is -2.17. The molecule has 0 atom stereocenters. The van der Waals surface area contributed by atoms with Gasteiger partial charge < -0.3 is 4.74 Å². The lowest BCUT2D eigenvalue weighted by atomic mass is 10.1. The van der Waals surface area contributed by atoms with E-state index in [2.05, 4.69) is 4.98 Å². The summed E-state index contributed by atoms with van der Waals surface area (Å²) in [6.45, 7) is 3.40. The molecule has 0 amide bonds. The first-order valence-corrected chi connectivity index (χ1v) is 9.43.